The molecule has 2 heterocycles. The minimum atomic E-state index is -0.285. The molecule has 2 aromatic carbocycles. The van der Waals surface area contributed by atoms with Gasteiger partial charge in [0.05, 0.1) is 17.2 Å². The summed E-state index contributed by atoms with van der Waals surface area (Å²) in [5, 5.41) is 3.20. The Morgan fingerprint density at radius 2 is 2.04 bits per heavy atom. The van der Waals surface area contributed by atoms with E-state index in [9.17, 15) is 9.59 Å². The molecule has 4 rings (SSSR count). The van der Waals surface area contributed by atoms with Gasteiger partial charge in [-0.3, -0.25) is 9.59 Å². The van der Waals surface area contributed by atoms with Gasteiger partial charge >= 0.3 is 0 Å². The number of carbonyl (C=O) groups excluding carboxylic acids is 2. The van der Waals surface area contributed by atoms with Crippen LogP contribution in [0.15, 0.2) is 76.2 Å². The van der Waals surface area contributed by atoms with E-state index in [-0.39, 0.29) is 30.0 Å². The lowest BCUT2D eigenvalue weighted by atomic mass is 10.2. The number of anilines is 2. The Morgan fingerprint density at radius 1 is 1.18 bits per heavy atom. The van der Waals surface area contributed by atoms with Crippen molar-refractivity contribution < 1.29 is 14.0 Å². The average Bonchev–Trinajstić information content (AvgIpc) is 3.16. The van der Waals surface area contributed by atoms with Crippen molar-refractivity contribution in [3.8, 4) is 0 Å². The third-order valence-corrected chi connectivity index (χ3v) is 5.87. The molecule has 28 heavy (non-hydrogen) atoms. The highest BCUT2D eigenvalue weighted by Gasteiger charge is 2.31. The number of fused-ring (bicyclic) bond motifs is 1. The molecule has 1 atom stereocenters. The molecule has 0 saturated carbocycles. The van der Waals surface area contributed by atoms with Gasteiger partial charge in [-0.25, -0.2) is 0 Å². The summed E-state index contributed by atoms with van der Waals surface area (Å²) >= 11 is 7.54. The summed E-state index contributed by atoms with van der Waals surface area (Å²) in [6.07, 6.45) is 1.85. The maximum absolute atomic E-state index is 13.0. The Kier molecular flexibility index (Phi) is 5.41. The van der Waals surface area contributed by atoms with E-state index in [0.29, 0.717) is 10.7 Å². The summed E-state index contributed by atoms with van der Waals surface area (Å²) in [6, 6.07) is 18.2. The summed E-state index contributed by atoms with van der Waals surface area (Å²) in [5.41, 5.74) is 1.32. The van der Waals surface area contributed by atoms with Gasteiger partial charge < -0.3 is 14.6 Å². The van der Waals surface area contributed by atoms with E-state index >= 15 is 0 Å². The number of carbonyl (C=O) groups is 2. The third-order valence-electron chi connectivity index (χ3n) is 4.36. The first kappa shape index (κ1) is 18.7. The zero-order valence-corrected chi connectivity index (χ0v) is 16.4. The Labute approximate surface area is 171 Å². The number of halogens is 1. The monoisotopic (exact) mass is 412 g/mol. The van der Waals surface area contributed by atoms with E-state index in [1.54, 1.807) is 42.3 Å². The van der Waals surface area contributed by atoms with Crippen molar-refractivity contribution in [3.05, 3.63) is 77.7 Å². The second kappa shape index (κ2) is 8.12. The van der Waals surface area contributed by atoms with Crippen LogP contribution in [0.1, 0.15) is 17.4 Å². The smallest absolute Gasteiger partial charge is 0.244 e. The van der Waals surface area contributed by atoms with Crippen molar-refractivity contribution in [2.45, 2.75) is 16.6 Å². The van der Waals surface area contributed by atoms with Crippen molar-refractivity contribution >= 4 is 46.6 Å². The van der Waals surface area contributed by atoms with E-state index < -0.39 is 0 Å². The highest BCUT2D eigenvalue weighted by Crippen LogP contribution is 2.45. The molecule has 3 aromatic rings. The average molecular weight is 413 g/mol. The number of hydrogen-bond donors (Lipinski definition) is 1. The van der Waals surface area contributed by atoms with Crippen molar-refractivity contribution in [3.63, 3.8) is 0 Å². The van der Waals surface area contributed by atoms with E-state index in [0.717, 1.165) is 16.3 Å². The minimum Gasteiger partial charge on any atom is -0.468 e. The number of furan rings is 1. The summed E-state index contributed by atoms with van der Waals surface area (Å²) in [4.78, 5) is 28.1. The Hall–Kier alpha value is -2.70. The molecule has 0 radical (unpaired) electrons. The molecule has 0 spiro atoms. The second-order valence-corrected chi connectivity index (χ2v) is 8.01. The van der Waals surface area contributed by atoms with Gasteiger partial charge in [0.25, 0.3) is 0 Å². The maximum atomic E-state index is 13.0. The number of nitrogens with zero attached hydrogens (tertiary/aromatic N) is 1. The quantitative estimate of drug-likeness (QED) is 0.644. The van der Waals surface area contributed by atoms with Gasteiger partial charge in [0.2, 0.25) is 11.8 Å². The number of benzene rings is 2. The summed E-state index contributed by atoms with van der Waals surface area (Å²) in [5.74, 6) is 0.338. The van der Waals surface area contributed by atoms with Crippen LogP contribution in [-0.4, -0.2) is 18.4 Å². The van der Waals surface area contributed by atoms with Crippen LogP contribution in [-0.2, 0) is 9.59 Å². The van der Waals surface area contributed by atoms with E-state index in [1.807, 2.05) is 36.4 Å². The zero-order chi connectivity index (χ0) is 19.5. The van der Waals surface area contributed by atoms with Crippen LogP contribution in [0, 0.1) is 0 Å². The normalized spacial score (nSPS) is 16.4. The molecule has 1 N–H and O–H groups in total. The van der Waals surface area contributed by atoms with E-state index in [2.05, 4.69) is 5.32 Å². The molecule has 0 fully saturated rings. The number of rotatable bonds is 4. The molecule has 1 aliphatic heterocycles. The lowest BCUT2D eigenvalue weighted by Gasteiger charge is -2.22. The SMILES string of the molecule is O=C(CN1C(=O)CC(c2ccco2)Sc2ccccc21)Nc1cccc(Cl)c1. The maximum Gasteiger partial charge on any atom is 0.244 e. The van der Waals surface area contributed by atoms with Crippen LogP contribution in [0.4, 0.5) is 11.4 Å². The van der Waals surface area contributed by atoms with Gasteiger partial charge in [0, 0.05) is 22.0 Å². The molecule has 1 aliphatic rings. The molecule has 0 aliphatic carbocycles. The van der Waals surface area contributed by atoms with Gasteiger partial charge in [-0.2, -0.15) is 0 Å². The van der Waals surface area contributed by atoms with Gasteiger partial charge in [0.1, 0.15) is 12.3 Å². The highest BCUT2D eigenvalue weighted by molar-refractivity contribution is 7.99. The molecule has 5 nitrogen and oxygen atoms in total. The van der Waals surface area contributed by atoms with Gasteiger partial charge in [-0.1, -0.05) is 29.8 Å². The first-order valence-electron chi connectivity index (χ1n) is 8.75. The second-order valence-electron chi connectivity index (χ2n) is 6.33. The Bertz CT molecular complexity index is 1010. The molecular weight excluding hydrogens is 396 g/mol. The number of para-hydroxylation sites is 1. The summed E-state index contributed by atoms with van der Waals surface area (Å²) in [7, 11) is 0. The van der Waals surface area contributed by atoms with Crippen LogP contribution in [0.2, 0.25) is 5.02 Å². The van der Waals surface area contributed by atoms with Crippen LogP contribution in [0.5, 0.6) is 0 Å². The standard InChI is InChI=1S/C21H17ClN2O3S/c22-14-5-3-6-15(11-14)23-20(25)13-24-16-7-1-2-9-18(16)28-19(12-21(24)26)17-8-4-10-27-17/h1-11,19H,12-13H2,(H,23,25). The number of thioether (sulfide) groups is 1. The van der Waals surface area contributed by atoms with Gasteiger partial charge in [-0.15, -0.1) is 11.8 Å². The molecular formula is C21H17ClN2O3S. The van der Waals surface area contributed by atoms with Gasteiger partial charge in [-0.05, 0) is 42.5 Å². The first-order valence-corrected chi connectivity index (χ1v) is 10.0. The topological polar surface area (TPSA) is 62.6 Å². The first-order chi connectivity index (χ1) is 13.6. The fraction of sp³-hybridized carbons (Fsp3) is 0.143. The van der Waals surface area contributed by atoms with Crippen LogP contribution in [0.3, 0.4) is 0 Å². The van der Waals surface area contributed by atoms with Crippen LogP contribution < -0.4 is 10.2 Å². The van der Waals surface area contributed by atoms with Crippen molar-refractivity contribution in [1.82, 2.24) is 0 Å². The molecule has 142 valence electrons. The van der Waals surface area contributed by atoms with Crippen molar-refractivity contribution in [1.29, 1.82) is 0 Å². The Balaban J connectivity index is 1.58. The zero-order valence-electron chi connectivity index (χ0n) is 14.8. The lowest BCUT2D eigenvalue weighted by molar-refractivity contribution is -0.121. The summed E-state index contributed by atoms with van der Waals surface area (Å²) in [6.45, 7) is -0.0756. The molecule has 0 saturated heterocycles. The Morgan fingerprint density at radius 3 is 2.82 bits per heavy atom. The molecule has 2 amide bonds. The number of hydrogen-bond acceptors (Lipinski definition) is 4. The number of amides is 2. The summed E-state index contributed by atoms with van der Waals surface area (Å²) < 4.78 is 5.52. The third kappa shape index (κ3) is 4.08. The highest BCUT2D eigenvalue weighted by atomic mass is 35.5. The lowest BCUT2D eigenvalue weighted by Crippen LogP contribution is -2.38. The van der Waals surface area contributed by atoms with Crippen LogP contribution in [0.25, 0.3) is 0 Å². The molecule has 1 aromatic heterocycles. The predicted octanol–water partition coefficient (Wildman–Crippen LogP) is 5.14. The number of nitrogens with one attached hydrogen (secondary N) is 1. The van der Waals surface area contributed by atoms with Crippen molar-refractivity contribution in [2.24, 2.45) is 0 Å². The molecule has 1 unspecified atom stereocenters. The van der Waals surface area contributed by atoms with E-state index in [4.69, 9.17) is 16.0 Å². The fourth-order valence-corrected chi connectivity index (χ4v) is 4.52. The fourth-order valence-electron chi connectivity index (χ4n) is 3.09. The molecule has 7 heteroatoms. The van der Waals surface area contributed by atoms with E-state index in [1.165, 1.54) is 4.90 Å². The van der Waals surface area contributed by atoms with Gasteiger partial charge in [0.15, 0.2) is 0 Å². The molecule has 0 bridgehead atoms. The minimum absolute atomic E-state index is 0.0756. The van der Waals surface area contributed by atoms with Crippen LogP contribution >= 0.6 is 23.4 Å². The largest absolute Gasteiger partial charge is 0.468 e. The van der Waals surface area contributed by atoms with Crippen molar-refractivity contribution in [2.75, 3.05) is 16.8 Å². The predicted molar refractivity (Wildman–Crippen MR) is 111 cm³/mol.